The van der Waals surface area contributed by atoms with Gasteiger partial charge in [0.05, 0.1) is 12.2 Å². The molecular weight excluding hydrogens is 353 g/mol. The predicted octanol–water partition coefficient (Wildman–Crippen LogP) is 2.88. The maximum Gasteiger partial charge on any atom is 0.0940 e. The maximum absolute atomic E-state index is 6.47. The van der Waals surface area contributed by atoms with Gasteiger partial charge in [0.15, 0.2) is 0 Å². The summed E-state index contributed by atoms with van der Waals surface area (Å²) in [4.78, 5) is 0. The third-order valence-corrected chi connectivity index (χ3v) is 5.08. The Labute approximate surface area is 128 Å². The first-order valence-electron chi connectivity index (χ1n) is 6.91. The normalized spacial score (nSPS) is 32.6. The second kappa shape index (κ2) is 5.68. The van der Waals surface area contributed by atoms with E-state index < -0.39 is 0 Å². The van der Waals surface area contributed by atoms with Crippen molar-refractivity contribution in [3.63, 3.8) is 0 Å². The fourth-order valence-electron chi connectivity index (χ4n) is 3.19. The molecule has 2 aliphatic rings. The molecule has 2 N–H and O–H groups in total. The summed E-state index contributed by atoms with van der Waals surface area (Å²) >= 11 is 2.32. The van der Waals surface area contributed by atoms with E-state index in [2.05, 4.69) is 46.9 Å². The number of rotatable bonds is 2. The van der Waals surface area contributed by atoms with Crippen LogP contribution in [0.1, 0.15) is 30.9 Å². The quantitative estimate of drug-likeness (QED) is 0.811. The molecule has 1 aromatic rings. The number of halogens is 1. The van der Waals surface area contributed by atoms with Crippen LogP contribution >= 0.6 is 22.6 Å². The molecule has 19 heavy (non-hydrogen) atoms. The van der Waals surface area contributed by atoms with Gasteiger partial charge in [0, 0.05) is 29.2 Å². The van der Waals surface area contributed by atoms with E-state index in [9.17, 15) is 0 Å². The third kappa shape index (κ3) is 2.96. The molecule has 2 fully saturated rings. The molecule has 3 atom stereocenters. The molecule has 3 nitrogen and oxygen atoms in total. The molecule has 2 aliphatic heterocycles. The minimum atomic E-state index is -0.0518. The van der Waals surface area contributed by atoms with Crippen LogP contribution in [0, 0.1) is 9.49 Å². The van der Waals surface area contributed by atoms with Crippen LogP contribution in [-0.4, -0.2) is 25.4 Å². The fraction of sp³-hybridized carbons (Fsp3) is 0.600. The first-order valence-corrected chi connectivity index (χ1v) is 7.99. The summed E-state index contributed by atoms with van der Waals surface area (Å²) in [5.41, 5.74) is 7.66. The lowest BCUT2D eigenvalue weighted by molar-refractivity contribution is -0.101. The topological polar surface area (TPSA) is 44.5 Å². The van der Waals surface area contributed by atoms with Crippen molar-refractivity contribution in [1.82, 2.24) is 0 Å². The molecule has 3 rings (SSSR count). The lowest BCUT2D eigenvalue weighted by Gasteiger charge is -2.39. The predicted molar refractivity (Wildman–Crippen MR) is 82.9 cm³/mol. The average molecular weight is 373 g/mol. The first kappa shape index (κ1) is 13.8. The van der Waals surface area contributed by atoms with Crippen LogP contribution in [0.25, 0.3) is 0 Å². The van der Waals surface area contributed by atoms with Crippen LogP contribution in [0.15, 0.2) is 24.3 Å². The number of nitrogens with two attached hydrogens (primary N) is 1. The van der Waals surface area contributed by atoms with E-state index in [1.165, 1.54) is 9.13 Å². The molecule has 0 aromatic heterocycles. The van der Waals surface area contributed by atoms with E-state index >= 15 is 0 Å². The molecule has 0 bridgehead atoms. The van der Waals surface area contributed by atoms with E-state index in [0.29, 0.717) is 5.92 Å². The lowest BCUT2D eigenvalue weighted by Crippen LogP contribution is -2.43. The maximum atomic E-state index is 6.47. The standard InChI is InChI=1S/C15H20INO2/c16-13-3-1-11(2-4-13)14(17)12-5-7-19-15(9-12)6-8-18-10-15/h1-4,12,14H,5-10,17H2. The summed E-state index contributed by atoms with van der Waals surface area (Å²) < 4.78 is 12.8. The Morgan fingerprint density at radius 3 is 2.74 bits per heavy atom. The molecule has 1 spiro atoms. The summed E-state index contributed by atoms with van der Waals surface area (Å²) in [6.07, 6.45) is 3.10. The third-order valence-electron chi connectivity index (χ3n) is 4.36. The molecule has 2 heterocycles. The summed E-state index contributed by atoms with van der Waals surface area (Å²) in [6, 6.07) is 8.67. The summed E-state index contributed by atoms with van der Waals surface area (Å²) in [6.45, 7) is 2.38. The van der Waals surface area contributed by atoms with E-state index in [1.54, 1.807) is 0 Å². The molecule has 4 heteroatoms. The second-order valence-corrected chi connectivity index (χ2v) is 6.91. The van der Waals surface area contributed by atoms with E-state index in [-0.39, 0.29) is 11.6 Å². The van der Waals surface area contributed by atoms with Crippen LogP contribution in [0.5, 0.6) is 0 Å². The van der Waals surface area contributed by atoms with Crippen molar-refractivity contribution in [2.24, 2.45) is 11.7 Å². The van der Waals surface area contributed by atoms with Crippen molar-refractivity contribution < 1.29 is 9.47 Å². The van der Waals surface area contributed by atoms with Gasteiger partial charge in [-0.2, -0.15) is 0 Å². The molecule has 104 valence electrons. The minimum absolute atomic E-state index is 0.0518. The van der Waals surface area contributed by atoms with Crippen LogP contribution in [0.2, 0.25) is 0 Å². The van der Waals surface area contributed by atoms with Gasteiger partial charge in [-0.3, -0.25) is 0 Å². The fourth-order valence-corrected chi connectivity index (χ4v) is 3.55. The van der Waals surface area contributed by atoms with Crippen molar-refractivity contribution in [3.05, 3.63) is 33.4 Å². The van der Waals surface area contributed by atoms with E-state index in [1.807, 2.05) is 0 Å². The molecule has 0 amide bonds. The monoisotopic (exact) mass is 373 g/mol. The van der Waals surface area contributed by atoms with Crippen molar-refractivity contribution in [1.29, 1.82) is 0 Å². The van der Waals surface area contributed by atoms with Crippen LogP contribution < -0.4 is 5.73 Å². The first-order chi connectivity index (χ1) is 9.19. The number of hydrogen-bond acceptors (Lipinski definition) is 3. The van der Waals surface area contributed by atoms with Gasteiger partial charge in [0.2, 0.25) is 0 Å². The molecular formula is C15H20INO2. The van der Waals surface area contributed by atoms with E-state index in [0.717, 1.165) is 39.1 Å². The highest BCUT2D eigenvalue weighted by molar-refractivity contribution is 14.1. The van der Waals surface area contributed by atoms with Gasteiger partial charge in [-0.15, -0.1) is 0 Å². The van der Waals surface area contributed by atoms with Crippen molar-refractivity contribution in [3.8, 4) is 0 Å². The Morgan fingerprint density at radius 1 is 1.26 bits per heavy atom. The minimum Gasteiger partial charge on any atom is -0.378 e. The van der Waals surface area contributed by atoms with Gasteiger partial charge in [0.1, 0.15) is 0 Å². The highest BCUT2D eigenvalue weighted by Gasteiger charge is 2.42. The van der Waals surface area contributed by atoms with Crippen LogP contribution in [0.3, 0.4) is 0 Å². The Hall–Kier alpha value is -0.170. The number of benzene rings is 1. The zero-order valence-corrected chi connectivity index (χ0v) is 13.1. The smallest absolute Gasteiger partial charge is 0.0940 e. The van der Waals surface area contributed by atoms with Crippen molar-refractivity contribution in [2.45, 2.75) is 30.9 Å². The largest absolute Gasteiger partial charge is 0.378 e. The molecule has 0 aliphatic carbocycles. The Bertz CT molecular complexity index is 428. The Balaban J connectivity index is 1.72. The Kier molecular flexibility index (Phi) is 4.12. The molecule has 3 unspecified atom stereocenters. The molecule has 2 saturated heterocycles. The van der Waals surface area contributed by atoms with E-state index in [4.69, 9.17) is 15.2 Å². The summed E-state index contributed by atoms with van der Waals surface area (Å²) in [5.74, 6) is 0.496. The van der Waals surface area contributed by atoms with Gasteiger partial charge >= 0.3 is 0 Å². The SMILES string of the molecule is NC(c1ccc(I)cc1)C1CCOC2(CCOC2)C1. The number of hydrogen-bond donors (Lipinski definition) is 1. The number of ether oxygens (including phenoxy) is 2. The zero-order chi connectivity index (χ0) is 13.3. The summed E-state index contributed by atoms with van der Waals surface area (Å²) in [7, 11) is 0. The average Bonchev–Trinajstić information content (AvgIpc) is 2.87. The van der Waals surface area contributed by atoms with Gasteiger partial charge in [-0.1, -0.05) is 12.1 Å². The highest BCUT2D eigenvalue weighted by atomic mass is 127. The van der Waals surface area contributed by atoms with Gasteiger partial charge < -0.3 is 15.2 Å². The van der Waals surface area contributed by atoms with Crippen LogP contribution in [0.4, 0.5) is 0 Å². The lowest BCUT2D eigenvalue weighted by atomic mass is 9.79. The van der Waals surface area contributed by atoms with Gasteiger partial charge in [0.25, 0.3) is 0 Å². The highest BCUT2D eigenvalue weighted by Crippen LogP contribution is 2.40. The second-order valence-electron chi connectivity index (χ2n) is 5.66. The molecule has 0 radical (unpaired) electrons. The Morgan fingerprint density at radius 2 is 2.05 bits per heavy atom. The molecule has 0 saturated carbocycles. The zero-order valence-electron chi connectivity index (χ0n) is 11.0. The van der Waals surface area contributed by atoms with Crippen LogP contribution in [-0.2, 0) is 9.47 Å². The van der Waals surface area contributed by atoms with Gasteiger partial charge in [-0.25, -0.2) is 0 Å². The van der Waals surface area contributed by atoms with Crippen molar-refractivity contribution >= 4 is 22.6 Å². The summed E-state index contributed by atoms with van der Waals surface area (Å²) in [5, 5.41) is 0. The van der Waals surface area contributed by atoms with Gasteiger partial charge in [-0.05, 0) is 59.0 Å². The van der Waals surface area contributed by atoms with Crippen molar-refractivity contribution in [2.75, 3.05) is 19.8 Å². The molecule has 1 aromatic carbocycles.